The van der Waals surface area contributed by atoms with Crippen LogP contribution in [0.1, 0.15) is 12.5 Å². The third-order valence-corrected chi connectivity index (χ3v) is 3.96. The second-order valence-corrected chi connectivity index (χ2v) is 6.03. The van der Waals surface area contributed by atoms with E-state index in [9.17, 15) is 9.59 Å². The molecule has 3 aromatic carbocycles. The van der Waals surface area contributed by atoms with Gasteiger partial charge in [-0.3, -0.25) is 4.79 Å². The molecule has 0 saturated heterocycles. The van der Waals surface area contributed by atoms with Crippen LogP contribution in [0.4, 0.5) is 5.69 Å². The van der Waals surface area contributed by atoms with Crippen LogP contribution in [0.3, 0.4) is 0 Å². The molecule has 0 radical (unpaired) electrons. The second kappa shape index (κ2) is 8.85. The zero-order chi connectivity index (χ0) is 19.1. The molecule has 5 heteroatoms. The molecule has 0 bridgehead atoms. The second-order valence-electron chi connectivity index (χ2n) is 6.03. The van der Waals surface area contributed by atoms with Crippen LogP contribution >= 0.6 is 0 Å². The van der Waals surface area contributed by atoms with Crippen molar-refractivity contribution in [2.75, 3.05) is 18.5 Å². The zero-order valence-electron chi connectivity index (χ0n) is 15.1. The highest BCUT2D eigenvalue weighted by Gasteiger charge is 2.07. The van der Waals surface area contributed by atoms with Crippen molar-refractivity contribution < 1.29 is 19.1 Å². The fourth-order valence-corrected chi connectivity index (χ4v) is 2.75. The Balaban J connectivity index is 1.59. The molecule has 0 fully saturated rings. The maximum atomic E-state index is 12.4. The Kier molecular flexibility index (Phi) is 6.05. The molecule has 0 saturated carbocycles. The number of carbonyl (C=O) groups excluding carboxylic acids is 2. The summed E-state index contributed by atoms with van der Waals surface area (Å²) in [5.74, 6) is -0.0531. The lowest BCUT2D eigenvalue weighted by Gasteiger charge is -2.09. The van der Waals surface area contributed by atoms with Crippen LogP contribution in [0, 0.1) is 0 Å². The summed E-state index contributed by atoms with van der Waals surface area (Å²) >= 11 is 0. The molecule has 0 atom stereocenters. The lowest BCUT2D eigenvalue weighted by atomic mass is 10.0. The standard InChI is InChI=1S/C22H21NO4/c1-2-26-22(25)15-27-20-9-5-8-19(14-20)23-21(24)13-16-10-11-17-6-3-4-7-18(17)12-16/h3-12,14H,2,13,15H2,1H3,(H,23,24). The van der Waals surface area contributed by atoms with Gasteiger partial charge in [0, 0.05) is 11.8 Å². The summed E-state index contributed by atoms with van der Waals surface area (Å²) in [6.45, 7) is 1.89. The lowest BCUT2D eigenvalue weighted by Crippen LogP contribution is -2.16. The largest absolute Gasteiger partial charge is 0.482 e. The number of benzene rings is 3. The van der Waals surface area contributed by atoms with Gasteiger partial charge in [0.1, 0.15) is 5.75 Å². The molecular formula is C22H21NO4. The molecule has 3 aromatic rings. The minimum Gasteiger partial charge on any atom is -0.482 e. The number of carbonyl (C=O) groups is 2. The normalized spacial score (nSPS) is 10.4. The maximum absolute atomic E-state index is 12.4. The van der Waals surface area contributed by atoms with Crippen molar-refractivity contribution in [3.63, 3.8) is 0 Å². The number of amides is 1. The van der Waals surface area contributed by atoms with Crippen LogP contribution in [0.15, 0.2) is 66.7 Å². The van der Waals surface area contributed by atoms with Gasteiger partial charge in [0.15, 0.2) is 6.61 Å². The third kappa shape index (κ3) is 5.31. The van der Waals surface area contributed by atoms with Crippen LogP contribution in [0.2, 0.25) is 0 Å². The Morgan fingerprint density at radius 3 is 2.56 bits per heavy atom. The number of nitrogens with one attached hydrogen (secondary N) is 1. The van der Waals surface area contributed by atoms with Crippen molar-refractivity contribution in [1.29, 1.82) is 0 Å². The Labute approximate surface area is 157 Å². The van der Waals surface area contributed by atoms with E-state index in [-0.39, 0.29) is 18.9 Å². The smallest absolute Gasteiger partial charge is 0.344 e. The molecule has 3 rings (SSSR count). The van der Waals surface area contributed by atoms with Gasteiger partial charge in [0.2, 0.25) is 5.91 Å². The molecular weight excluding hydrogens is 342 g/mol. The average molecular weight is 363 g/mol. The number of hydrogen-bond donors (Lipinski definition) is 1. The first-order valence-electron chi connectivity index (χ1n) is 8.80. The lowest BCUT2D eigenvalue weighted by molar-refractivity contribution is -0.145. The van der Waals surface area contributed by atoms with Gasteiger partial charge in [-0.1, -0.05) is 48.5 Å². The van der Waals surface area contributed by atoms with Gasteiger partial charge >= 0.3 is 5.97 Å². The highest BCUT2D eigenvalue weighted by atomic mass is 16.6. The quantitative estimate of drug-likeness (QED) is 0.645. The SMILES string of the molecule is CCOC(=O)COc1cccc(NC(=O)Cc2ccc3ccccc3c2)c1. The molecule has 0 aliphatic carbocycles. The summed E-state index contributed by atoms with van der Waals surface area (Å²) < 4.78 is 10.2. The van der Waals surface area contributed by atoms with Crippen molar-refractivity contribution in [2.24, 2.45) is 0 Å². The van der Waals surface area contributed by atoms with E-state index >= 15 is 0 Å². The van der Waals surface area contributed by atoms with E-state index in [2.05, 4.69) is 5.32 Å². The first-order chi connectivity index (χ1) is 13.1. The molecule has 0 unspecified atom stereocenters. The molecule has 0 aromatic heterocycles. The molecule has 1 N–H and O–H groups in total. The molecule has 0 aliphatic heterocycles. The third-order valence-electron chi connectivity index (χ3n) is 3.96. The highest BCUT2D eigenvalue weighted by molar-refractivity contribution is 5.93. The average Bonchev–Trinajstić information content (AvgIpc) is 2.67. The van der Waals surface area contributed by atoms with Crippen LogP contribution < -0.4 is 10.1 Å². The molecule has 0 heterocycles. The Morgan fingerprint density at radius 2 is 1.74 bits per heavy atom. The summed E-state index contributed by atoms with van der Waals surface area (Å²) in [4.78, 5) is 23.7. The summed E-state index contributed by atoms with van der Waals surface area (Å²) in [7, 11) is 0. The molecule has 5 nitrogen and oxygen atoms in total. The summed E-state index contributed by atoms with van der Waals surface area (Å²) in [5, 5.41) is 5.11. The van der Waals surface area contributed by atoms with E-state index in [4.69, 9.17) is 9.47 Å². The summed E-state index contributed by atoms with van der Waals surface area (Å²) in [5.41, 5.74) is 1.56. The van der Waals surface area contributed by atoms with Gasteiger partial charge < -0.3 is 14.8 Å². The van der Waals surface area contributed by atoms with Gasteiger partial charge in [0.25, 0.3) is 0 Å². The highest BCUT2D eigenvalue weighted by Crippen LogP contribution is 2.19. The van der Waals surface area contributed by atoms with Gasteiger partial charge in [-0.2, -0.15) is 0 Å². The van der Waals surface area contributed by atoms with E-state index in [0.29, 0.717) is 18.0 Å². The number of rotatable bonds is 7. The maximum Gasteiger partial charge on any atom is 0.344 e. The molecule has 0 aliphatic rings. The zero-order valence-corrected chi connectivity index (χ0v) is 15.1. The van der Waals surface area contributed by atoms with Gasteiger partial charge in [-0.05, 0) is 35.4 Å². The van der Waals surface area contributed by atoms with Crippen molar-refractivity contribution in [1.82, 2.24) is 0 Å². The Bertz CT molecular complexity index is 952. The predicted octanol–water partition coefficient (Wildman–Crippen LogP) is 3.96. The van der Waals surface area contributed by atoms with Crippen molar-refractivity contribution in [2.45, 2.75) is 13.3 Å². The van der Waals surface area contributed by atoms with Gasteiger partial charge in [-0.15, -0.1) is 0 Å². The minimum atomic E-state index is -0.428. The molecule has 1 amide bonds. The minimum absolute atomic E-state index is 0.118. The van der Waals surface area contributed by atoms with Crippen molar-refractivity contribution in [3.05, 3.63) is 72.3 Å². The molecule has 138 valence electrons. The summed E-state index contributed by atoms with van der Waals surface area (Å²) in [6, 6.07) is 21.0. The fraction of sp³-hybridized carbons (Fsp3) is 0.182. The van der Waals surface area contributed by atoms with E-state index in [0.717, 1.165) is 16.3 Å². The first kappa shape index (κ1) is 18.5. The number of esters is 1. The summed E-state index contributed by atoms with van der Waals surface area (Å²) in [6.07, 6.45) is 0.277. The fourth-order valence-electron chi connectivity index (χ4n) is 2.75. The van der Waals surface area contributed by atoms with Crippen molar-refractivity contribution >= 4 is 28.3 Å². The van der Waals surface area contributed by atoms with Crippen molar-refractivity contribution in [3.8, 4) is 5.75 Å². The van der Waals surface area contributed by atoms with Gasteiger partial charge in [-0.25, -0.2) is 4.79 Å². The van der Waals surface area contributed by atoms with Crippen LogP contribution in [0.25, 0.3) is 10.8 Å². The number of fused-ring (bicyclic) bond motifs is 1. The topological polar surface area (TPSA) is 64.6 Å². The van der Waals surface area contributed by atoms with E-state index < -0.39 is 5.97 Å². The van der Waals surface area contributed by atoms with Gasteiger partial charge in [0.05, 0.1) is 13.0 Å². The monoisotopic (exact) mass is 363 g/mol. The number of hydrogen-bond acceptors (Lipinski definition) is 4. The van der Waals surface area contributed by atoms with E-state index in [1.807, 2.05) is 42.5 Å². The Hall–Kier alpha value is -3.34. The molecule has 27 heavy (non-hydrogen) atoms. The number of anilines is 1. The van der Waals surface area contributed by atoms with Crippen LogP contribution in [-0.4, -0.2) is 25.1 Å². The van der Waals surface area contributed by atoms with Crippen LogP contribution in [0.5, 0.6) is 5.75 Å². The van der Waals surface area contributed by atoms with Crippen LogP contribution in [-0.2, 0) is 20.7 Å². The predicted molar refractivity (Wildman–Crippen MR) is 105 cm³/mol. The Morgan fingerprint density at radius 1 is 0.926 bits per heavy atom. The molecule has 0 spiro atoms. The number of ether oxygens (including phenoxy) is 2. The van der Waals surface area contributed by atoms with E-state index in [1.165, 1.54) is 0 Å². The van der Waals surface area contributed by atoms with E-state index in [1.54, 1.807) is 31.2 Å². The first-order valence-corrected chi connectivity index (χ1v) is 8.80.